The van der Waals surface area contributed by atoms with Gasteiger partial charge in [-0.3, -0.25) is 0 Å². The van der Waals surface area contributed by atoms with E-state index in [1.165, 1.54) is 0 Å². The van der Waals surface area contributed by atoms with Crippen molar-refractivity contribution in [2.45, 2.75) is 70.1 Å². The van der Waals surface area contributed by atoms with E-state index >= 15 is 0 Å². The average molecular weight is 414 g/mol. The van der Waals surface area contributed by atoms with Gasteiger partial charge in [0.15, 0.2) is 11.8 Å². The van der Waals surface area contributed by atoms with Crippen LogP contribution in [0.5, 0.6) is 0 Å². The van der Waals surface area contributed by atoms with Crippen LogP contribution in [-0.4, -0.2) is 4.98 Å². The second-order valence-corrected chi connectivity index (χ2v) is 9.32. The molecule has 6 rings (SSSR count). The highest BCUT2D eigenvalue weighted by molar-refractivity contribution is 6.08. The first-order valence-corrected chi connectivity index (χ1v) is 11.7. The summed E-state index contributed by atoms with van der Waals surface area (Å²) in [6.45, 7) is 2.12. The number of hydrogen-bond acceptors (Lipinski definition) is 2. The molecule has 0 bridgehead atoms. The quantitative estimate of drug-likeness (QED) is 0.335. The number of furan rings is 1. The Morgan fingerprint density at radius 1 is 0.903 bits per heavy atom. The van der Waals surface area contributed by atoms with Crippen molar-refractivity contribution in [2.24, 2.45) is 7.05 Å². The lowest BCUT2D eigenvalue weighted by Gasteiger charge is -2.10. The van der Waals surface area contributed by atoms with Crippen LogP contribution in [0, 0.1) is 6.92 Å². The summed E-state index contributed by atoms with van der Waals surface area (Å²) in [6, 6.07) is 12.7. The van der Waals surface area contributed by atoms with Crippen molar-refractivity contribution in [3.8, 4) is 11.3 Å². The standard InChI is InChI=1S/C28H31N2O/c1-18-11-13-22-23-14-15-24(20-9-5-6-10-20)29-28(23)31-27(22)26(18)25-16-12-21(17-30(25)2)19-7-3-4-8-19/h11-17,19-20H,3-10H2,1-2H3/q+1/i19D,20D. The summed E-state index contributed by atoms with van der Waals surface area (Å²) in [6.07, 6.45) is 10.2. The molecule has 0 spiro atoms. The van der Waals surface area contributed by atoms with Gasteiger partial charge in [0.1, 0.15) is 7.05 Å². The Kier molecular flexibility index (Phi) is 4.09. The molecule has 4 aromatic rings. The minimum atomic E-state index is -0.583. The third kappa shape index (κ3) is 3.17. The van der Waals surface area contributed by atoms with E-state index in [1.807, 2.05) is 6.07 Å². The first kappa shape index (κ1) is 16.9. The van der Waals surface area contributed by atoms with Gasteiger partial charge in [-0.15, -0.1) is 0 Å². The molecule has 0 saturated heterocycles. The smallest absolute Gasteiger partial charge is 0.227 e. The van der Waals surface area contributed by atoms with Crippen LogP contribution in [0.2, 0.25) is 0 Å². The van der Waals surface area contributed by atoms with Gasteiger partial charge in [-0.25, -0.2) is 9.55 Å². The third-order valence-corrected chi connectivity index (χ3v) is 7.29. The molecule has 3 heterocycles. The summed E-state index contributed by atoms with van der Waals surface area (Å²) in [5.41, 5.74) is 6.72. The summed E-state index contributed by atoms with van der Waals surface area (Å²) in [7, 11) is 2.07. The lowest BCUT2D eigenvalue weighted by Crippen LogP contribution is -2.31. The molecule has 0 N–H and O–H groups in total. The lowest BCUT2D eigenvalue weighted by atomic mass is 9.96. The summed E-state index contributed by atoms with van der Waals surface area (Å²) in [5, 5.41) is 2.07. The Labute approximate surface area is 186 Å². The van der Waals surface area contributed by atoms with Crippen LogP contribution in [0.15, 0.2) is 47.0 Å². The van der Waals surface area contributed by atoms with Crippen molar-refractivity contribution < 1.29 is 11.7 Å². The Hall–Kier alpha value is -2.68. The Balaban J connectivity index is 1.50. The van der Waals surface area contributed by atoms with Crippen molar-refractivity contribution in [1.82, 2.24) is 4.98 Å². The van der Waals surface area contributed by atoms with E-state index in [0.29, 0.717) is 5.71 Å². The van der Waals surface area contributed by atoms with E-state index in [4.69, 9.17) is 12.1 Å². The fourth-order valence-electron chi connectivity index (χ4n) is 5.56. The predicted molar refractivity (Wildman–Crippen MR) is 125 cm³/mol. The second kappa shape index (κ2) is 7.47. The van der Waals surface area contributed by atoms with E-state index in [-0.39, 0.29) is 0 Å². The van der Waals surface area contributed by atoms with Crippen LogP contribution < -0.4 is 4.57 Å². The maximum absolute atomic E-state index is 8.89. The molecule has 0 radical (unpaired) electrons. The third-order valence-electron chi connectivity index (χ3n) is 7.29. The van der Waals surface area contributed by atoms with Gasteiger partial charge in [0.25, 0.3) is 0 Å². The van der Waals surface area contributed by atoms with Crippen LogP contribution in [0.1, 0.15) is 82.7 Å². The summed E-state index contributed by atoms with van der Waals surface area (Å²) in [4.78, 5) is 4.84. The minimum Gasteiger partial charge on any atom is -0.437 e. The largest absolute Gasteiger partial charge is 0.437 e. The van der Waals surface area contributed by atoms with Gasteiger partial charge >= 0.3 is 0 Å². The lowest BCUT2D eigenvalue weighted by molar-refractivity contribution is -0.660. The maximum atomic E-state index is 8.89. The van der Waals surface area contributed by atoms with Gasteiger partial charge in [-0.05, 0) is 62.3 Å². The molecule has 0 aliphatic heterocycles. The maximum Gasteiger partial charge on any atom is 0.227 e. The number of hydrogen-bond donors (Lipinski definition) is 0. The SMILES string of the molecule is [2H]C1(c2ccc(-c3c(C)ccc4c3oc3nc(C5([2H])CCCC5)ccc34)[n+](C)c2)CCCC1. The molecule has 2 aliphatic carbocycles. The molecule has 2 aliphatic rings. The highest BCUT2D eigenvalue weighted by Crippen LogP contribution is 2.39. The Bertz CT molecular complexity index is 1380. The number of aromatic nitrogens is 2. The molecule has 3 aromatic heterocycles. The molecule has 31 heavy (non-hydrogen) atoms. The summed E-state index contributed by atoms with van der Waals surface area (Å²) < 4.78 is 26.3. The fraction of sp³-hybridized carbons (Fsp3) is 0.429. The van der Waals surface area contributed by atoms with Crippen molar-refractivity contribution in [1.29, 1.82) is 0 Å². The normalized spacial score (nSPS) is 21.0. The number of aryl methyl sites for hydroxylation is 2. The van der Waals surface area contributed by atoms with Crippen molar-refractivity contribution in [3.63, 3.8) is 0 Å². The van der Waals surface area contributed by atoms with E-state index in [2.05, 4.69) is 55.1 Å². The van der Waals surface area contributed by atoms with Gasteiger partial charge in [0, 0.05) is 36.7 Å². The number of nitrogens with zero attached hydrogens (tertiary/aromatic N) is 2. The van der Waals surface area contributed by atoms with Gasteiger partial charge in [-0.2, -0.15) is 0 Å². The van der Waals surface area contributed by atoms with Gasteiger partial charge in [0.05, 0.1) is 5.56 Å². The van der Waals surface area contributed by atoms with Crippen LogP contribution >= 0.6 is 0 Å². The minimum absolute atomic E-state index is 0.455. The van der Waals surface area contributed by atoms with Gasteiger partial charge in [-0.1, -0.05) is 37.8 Å². The van der Waals surface area contributed by atoms with E-state index in [1.54, 1.807) is 0 Å². The molecule has 1 aromatic carbocycles. The van der Waals surface area contributed by atoms with E-state index < -0.39 is 11.8 Å². The Morgan fingerprint density at radius 2 is 1.61 bits per heavy atom. The molecule has 158 valence electrons. The Morgan fingerprint density at radius 3 is 2.35 bits per heavy atom. The summed E-state index contributed by atoms with van der Waals surface area (Å²) in [5.74, 6) is -1.04. The zero-order valence-electron chi connectivity index (χ0n) is 20.5. The predicted octanol–water partition coefficient (Wildman–Crippen LogP) is 7.10. The number of benzene rings is 1. The van der Waals surface area contributed by atoms with Crippen LogP contribution in [0.25, 0.3) is 33.3 Å². The number of rotatable bonds is 3. The first-order valence-electron chi connectivity index (χ1n) is 12.7. The molecule has 2 fully saturated rings. The van der Waals surface area contributed by atoms with Crippen LogP contribution in [0.4, 0.5) is 0 Å². The zero-order chi connectivity index (χ0) is 22.8. The van der Waals surface area contributed by atoms with Crippen molar-refractivity contribution in [3.05, 3.63) is 59.4 Å². The number of fused-ring (bicyclic) bond motifs is 3. The molecule has 0 atom stereocenters. The molecule has 3 heteroatoms. The fourth-order valence-corrected chi connectivity index (χ4v) is 5.56. The molecule has 2 saturated carbocycles. The van der Waals surface area contributed by atoms with E-state index in [0.717, 1.165) is 95.8 Å². The molecule has 0 amide bonds. The topological polar surface area (TPSA) is 29.9 Å². The molecular formula is C28H31N2O+. The van der Waals surface area contributed by atoms with Crippen LogP contribution in [0.3, 0.4) is 0 Å². The summed E-state index contributed by atoms with van der Waals surface area (Å²) >= 11 is 0. The number of pyridine rings is 2. The highest BCUT2D eigenvalue weighted by atomic mass is 16.3. The van der Waals surface area contributed by atoms with Crippen molar-refractivity contribution >= 4 is 22.1 Å². The van der Waals surface area contributed by atoms with Gasteiger partial charge < -0.3 is 4.42 Å². The zero-order valence-corrected chi connectivity index (χ0v) is 18.5. The monoisotopic (exact) mass is 413 g/mol. The second-order valence-electron chi connectivity index (χ2n) is 9.32. The van der Waals surface area contributed by atoms with Crippen LogP contribution in [-0.2, 0) is 7.05 Å². The van der Waals surface area contributed by atoms with E-state index in [9.17, 15) is 0 Å². The first-order chi connectivity index (χ1) is 15.9. The molecular weight excluding hydrogens is 380 g/mol. The average Bonchev–Trinajstić information content (AvgIpc) is 3.53. The van der Waals surface area contributed by atoms with Crippen molar-refractivity contribution in [2.75, 3.05) is 0 Å². The highest BCUT2D eigenvalue weighted by Gasteiger charge is 2.25. The van der Waals surface area contributed by atoms with Gasteiger partial charge in [0.2, 0.25) is 11.4 Å². The molecule has 0 unspecified atom stereocenters. The molecule has 3 nitrogen and oxygen atoms in total.